The molecule has 0 bridgehead atoms. The number of rotatable bonds is 3. The number of nitrogens with zero attached hydrogens (tertiary/aromatic N) is 3. The Morgan fingerprint density at radius 3 is 2.74 bits per heavy atom. The van der Waals surface area contributed by atoms with Crippen molar-refractivity contribution in [1.82, 2.24) is 15.0 Å². The highest BCUT2D eigenvalue weighted by Crippen LogP contribution is 2.41. The molecule has 2 fully saturated rings. The quantitative estimate of drug-likeness (QED) is 0.887. The van der Waals surface area contributed by atoms with Gasteiger partial charge in [-0.3, -0.25) is 4.79 Å². The van der Waals surface area contributed by atoms with E-state index in [0.717, 1.165) is 31.4 Å². The van der Waals surface area contributed by atoms with Crippen LogP contribution in [0.15, 0.2) is 10.6 Å². The van der Waals surface area contributed by atoms with E-state index < -0.39 is 12.0 Å². The lowest BCUT2D eigenvalue weighted by Gasteiger charge is -2.33. The maximum absolute atomic E-state index is 13.6. The Morgan fingerprint density at radius 1 is 1.30 bits per heavy atom. The molecule has 7 nitrogen and oxygen atoms in total. The van der Waals surface area contributed by atoms with Crippen molar-refractivity contribution in [2.45, 2.75) is 70.9 Å². The molecule has 144 valence electrons. The minimum Gasteiger partial charge on any atom is -0.480 e. The lowest BCUT2D eigenvalue weighted by Crippen LogP contribution is -2.46. The minimum absolute atomic E-state index is 0.00164. The summed E-state index contributed by atoms with van der Waals surface area (Å²) in [6, 6.07) is 1.02. The normalized spacial score (nSPS) is 25.2. The van der Waals surface area contributed by atoms with Crippen LogP contribution in [0.2, 0.25) is 0 Å². The molecule has 0 radical (unpaired) electrons. The average molecular weight is 371 g/mol. The molecule has 0 spiro atoms. The number of aryl methyl sites for hydroxylation is 1. The predicted molar refractivity (Wildman–Crippen MR) is 98.6 cm³/mol. The molecule has 27 heavy (non-hydrogen) atoms. The van der Waals surface area contributed by atoms with Crippen LogP contribution < -0.4 is 0 Å². The van der Waals surface area contributed by atoms with Gasteiger partial charge in [0.25, 0.3) is 11.6 Å². The van der Waals surface area contributed by atoms with Gasteiger partial charge in [0, 0.05) is 11.7 Å². The largest absolute Gasteiger partial charge is 0.480 e. The van der Waals surface area contributed by atoms with Crippen molar-refractivity contribution in [3.05, 3.63) is 23.0 Å². The summed E-state index contributed by atoms with van der Waals surface area (Å²) in [5.74, 6) is -0.775. The summed E-state index contributed by atoms with van der Waals surface area (Å²) in [6.45, 7) is 5.78. The summed E-state index contributed by atoms with van der Waals surface area (Å²) in [7, 11) is 0. The first-order chi connectivity index (χ1) is 12.9. The van der Waals surface area contributed by atoms with Crippen LogP contribution in [-0.2, 0) is 4.79 Å². The fourth-order valence-electron chi connectivity index (χ4n) is 4.69. The second-order valence-corrected chi connectivity index (χ2v) is 8.11. The third-order valence-electron chi connectivity index (χ3n) is 6.07. The Bertz CT molecular complexity index is 904. The number of pyridine rings is 1. The first-order valence-corrected chi connectivity index (χ1v) is 9.71. The van der Waals surface area contributed by atoms with Crippen LogP contribution >= 0.6 is 0 Å². The topological polar surface area (TPSA) is 96.5 Å². The molecule has 2 aromatic rings. The monoisotopic (exact) mass is 371 g/mol. The zero-order valence-electron chi connectivity index (χ0n) is 15.9. The molecule has 0 aromatic carbocycles. The molecule has 1 aliphatic heterocycles. The number of likely N-dealkylation sites (tertiary alicyclic amines) is 1. The standard InChI is InChI=1S/C20H25N3O4/c1-10(2)14-9-13(17-11(3)22-27-18(17)21-14)19(24)23-15-7-5-4-6-12(15)8-16(23)20(25)26/h9-10,12,15-16H,4-8H2,1-3H3,(H,25,26). The van der Waals surface area contributed by atoms with Crippen molar-refractivity contribution in [1.29, 1.82) is 0 Å². The average Bonchev–Trinajstić information content (AvgIpc) is 3.21. The van der Waals surface area contributed by atoms with Crippen LogP contribution in [0.1, 0.15) is 73.6 Å². The molecule has 1 saturated carbocycles. The molecule has 2 aromatic heterocycles. The van der Waals surface area contributed by atoms with Gasteiger partial charge in [0.1, 0.15) is 6.04 Å². The Balaban J connectivity index is 1.83. The highest BCUT2D eigenvalue weighted by Gasteiger charge is 2.48. The molecule has 3 atom stereocenters. The van der Waals surface area contributed by atoms with Crippen LogP contribution in [0.4, 0.5) is 0 Å². The van der Waals surface area contributed by atoms with E-state index in [1.54, 1.807) is 17.9 Å². The van der Waals surface area contributed by atoms with E-state index in [1.165, 1.54) is 0 Å². The van der Waals surface area contributed by atoms with E-state index in [9.17, 15) is 14.7 Å². The van der Waals surface area contributed by atoms with E-state index in [2.05, 4.69) is 10.1 Å². The molecule has 1 aliphatic carbocycles. The maximum Gasteiger partial charge on any atom is 0.326 e. The van der Waals surface area contributed by atoms with E-state index in [4.69, 9.17) is 4.52 Å². The van der Waals surface area contributed by atoms with E-state index in [-0.39, 0.29) is 23.8 Å². The summed E-state index contributed by atoms with van der Waals surface area (Å²) in [5.41, 5.74) is 2.14. The van der Waals surface area contributed by atoms with Gasteiger partial charge in [-0.15, -0.1) is 0 Å². The van der Waals surface area contributed by atoms with Crippen molar-refractivity contribution in [2.75, 3.05) is 0 Å². The lowest BCUT2D eigenvalue weighted by molar-refractivity contribution is -0.141. The van der Waals surface area contributed by atoms with Gasteiger partial charge in [0.15, 0.2) is 0 Å². The van der Waals surface area contributed by atoms with Crippen molar-refractivity contribution >= 4 is 23.0 Å². The van der Waals surface area contributed by atoms with Crippen LogP contribution in [0.5, 0.6) is 0 Å². The van der Waals surface area contributed by atoms with Gasteiger partial charge in [-0.2, -0.15) is 0 Å². The zero-order chi connectivity index (χ0) is 19.3. The Labute approximate surface area is 157 Å². The number of carboxylic acid groups (broad SMARTS) is 1. The summed E-state index contributed by atoms with van der Waals surface area (Å²) in [6.07, 6.45) is 4.55. The fourth-order valence-corrected chi connectivity index (χ4v) is 4.69. The first-order valence-electron chi connectivity index (χ1n) is 9.71. The second-order valence-electron chi connectivity index (χ2n) is 8.11. The van der Waals surface area contributed by atoms with Crippen molar-refractivity contribution in [3.63, 3.8) is 0 Å². The number of amides is 1. The summed E-state index contributed by atoms with van der Waals surface area (Å²) >= 11 is 0. The van der Waals surface area contributed by atoms with Gasteiger partial charge in [-0.05, 0) is 44.1 Å². The molecular weight excluding hydrogens is 346 g/mol. The number of fused-ring (bicyclic) bond motifs is 2. The lowest BCUT2D eigenvalue weighted by atomic mass is 9.84. The van der Waals surface area contributed by atoms with E-state index in [0.29, 0.717) is 28.8 Å². The molecule has 3 unspecified atom stereocenters. The second kappa shape index (κ2) is 6.62. The van der Waals surface area contributed by atoms with Gasteiger partial charge < -0.3 is 14.5 Å². The Morgan fingerprint density at radius 2 is 2.04 bits per heavy atom. The van der Waals surface area contributed by atoms with E-state index >= 15 is 0 Å². The number of carbonyl (C=O) groups is 2. The summed E-state index contributed by atoms with van der Waals surface area (Å²) in [4.78, 5) is 31.6. The molecular formula is C20H25N3O4. The van der Waals surface area contributed by atoms with Gasteiger partial charge in [-0.25, -0.2) is 9.78 Å². The molecule has 4 rings (SSSR count). The smallest absolute Gasteiger partial charge is 0.326 e. The molecule has 2 aliphatic rings. The number of aliphatic carboxylic acids is 1. The fraction of sp³-hybridized carbons (Fsp3) is 0.600. The summed E-state index contributed by atoms with van der Waals surface area (Å²) < 4.78 is 5.33. The molecule has 1 N–H and O–H groups in total. The van der Waals surface area contributed by atoms with Crippen LogP contribution in [0.25, 0.3) is 11.1 Å². The molecule has 1 amide bonds. The third-order valence-corrected chi connectivity index (χ3v) is 6.07. The highest BCUT2D eigenvalue weighted by molar-refractivity contribution is 6.07. The molecule has 7 heteroatoms. The number of aromatic nitrogens is 2. The maximum atomic E-state index is 13.6. The van der Waals surface area contributed by atoms with Crippen molar-refractivity contribution in [2.24, 2.45) is 5.92 Å². The van der Waals surface area contributed by atoms with E-state index in [1.807, 2.05) is 13.8 Å². The van der Waals surface area contributed by atoms with Crippen molar-refractivity contribution < 1.29 is 19.2 Å². The van der Waals surface area contributed by atoms with Crippen LogP contribution in [0.3, 0.4) is 0 Å². The zero-order valence-corrected chi connectivity index (χ0v) is 15.9. The van der Waals surface area contributed by atoms with Gasteiger partial charge >= 0.3 is 5.97 Å². The third kappa shape index (κ3) is 2.89. The van der Waals surface area contributed by atoms with Crippen molar-refractivity contribution in [3.8, 4) is 0 Å². The number of carbonyl (C=O) groups excluding carboxylic acids is 1. The highest BCUT2D eigenvalue weighted by atomic mass is 16.5. The number of carboxylic acids is 1. The number of hydrogen-bond donors (Lipinski definition) is 1. The van der Waals surface area contributed by atoms with Gasteiger partial charge in [0.05, 0.1) is 16.6 Å². The molecule has 3 heterocycles. The Kier molecular flexibility index (Phi) is 4.40. The van der Waals surface area contributed by atoms with Crippen LogP contribution in [0, 0.1) is 12.8 Å². The summed E-state index contributed by atoms with van der Waals surface area (Å²) in [5, 5.41) is 14.3. The predicted octanol–water partition coefficient (Wildman–Crippen LogP) is 3.51. The Hall–Kier alpha value is -2.44. The number of hydrogen-bond acceptors (Lipinski definition) is 5. The molecule has 1 saturated heterocycles. The minimum atomic E-state index is -0.922. The SMILES string of the molecule is Cc1noc2nc(C(C)C)cc(C(=O)N3C(C(=O)O)CC4CCCCC43)c12. The first kappa shape index (κ1) is 17.9. The van der Waals surface area contributed by atoms with Gasteiger partial charge in [-0.1, -0.05) is 31.8 Å². The van der Waals surface area contributed by atoms with Crippen LogP contribution in [-0.4, -0.2) is 44.1 Å². The van der Waals surface area contributed by atoms with Gasteiger partial charge in [0.2, 0.25) is 0 Å².